The quantitative estimate of drug-likeness (QED) is 0.803. The molecule has 0 aliphatic carbocycles. The summed E-state index contributed by atoms with van der Waals surface area (Å²) < 4.78 is 19.1. The monoisotopic (exact) mass is 253 g/mol. The number of hydrogen-bond acceptors (Lipinski definition) is 2. The van der Waals surface area contributed by atoms with Crippen molar-refractivity contribution in [3.05, 3.63) is 35.1 Å². The van der Waals surface area contributed by atoms with Crippen molar-refractivity contribution in [1.82, 2.24) is 5.32 Å². The number of benzene rings is 1. The third-order valence-electron chi connectivity index (χ3n) is 3.07. The van der Waals surface area contributed by atoms with Gasteiger partial charge in [0.15, 0.2) is 0 Å². The number of methoxy groups -OCH3 is 1. The smallest absolute Gasteiger partial charge is 0.127 e. The molecule has 0 spiro atoms. The molecule has 0 fully saturated rings. The van der Waals surface area contributed by atoms with Crippen LogP contribution in [0.4, 0.5) is 4.39 Å². The Morgan fingerprint density at radius 1 is 1.39 bits per heavy atom. The van der Waals surface area contributed by atoms with Crippen molar-refractivity contribution in [3.63, 3.8) is 0 Å². The van der Waals surface area contributed by atoms with Crippen LogP contribution in [0.15, 0.2) is 18.2 Å². The molecular weight excluding hydrogens is 229 g/mol. The highest BCUT2D eigenvalue weighted by atomic mass is 19.1. The first kappa shape index (κ1) is 15.1. The zero-order valence-electron chi connectivity index (χ0n) is 11.8. The van der Waals surface area contributed by atoms with Gasteiger partial charge in [0.25, 0.3) is 0 Å². The zero-order valence-corrected chi connectivity index (χ0v) is 11.8. The van der Waals surface area contributed by atoms with Crippen LogP contribution in [0.3, 0.4) is 0 Å². The van der Waals surface area contributed by atoms with E-state index in [-0.39, 0.29) is 11.9 Å². The van der Waals surface area contributed by atoms with Crippen LogP contribution in [0.1, 0.15) is 37.4 Å². The molecule has 1 rings (SSSR count). The van der Waals surface area contributed by atoms with Crippen LogP contribution in [0.2, 0.25) is 0 Å². The molecule has 3 heteroatoms. The lowest BCUT2D eigenvalue weighted by atomic mass is 9.95. The van der Waals surface area contributed by atoms with Crippen molar-refractivity contribution in [2.45, 2.75) is 33.2 Å². The van der Waals surface area contributed by atoms with E-state index in [9.17, 15) is 4.39 Å². The third kappa shape index (κ3) is 4.39. The van der Waals surface area contributed by atoms with Gasteiger partial charge in [-0.05, 0) is 31.9 Å². The maximum atomic E-state index is 13.9. The molecule has 0 heterocycles. The number of aryl methyl sites for hydroxylation is 1. The SMILES string of the molecule is CCNC(CC(C)COC)c1cc(C)ccc1F. The van der Waals surface area contributed by atoms with E-state index in [1.165, 1.54) is 0 Å². The third-order valence-corrected chi connectivity index (χ3v) is 3.07. The lowest BCUT2D eigenvalue weighted by Gasteiger charge is -2.22. The van der Waals surface area contributed by atoms with Gasteiger partial charge >= 0.3 is 0 Å². The number of ether oxygens (including phenoxy) is 1. The molecule has 1 aromatic carbocycles. The second-order valence-corrected chi connectivity index (χ2v) is 4.93. The van der Waals surface area contributed by atoms with Crippen LogP contribution in [0.5, 0.6) is 0 Å². The van der Waals surface area contributed by atoms with E-state index in [0.717, 1.165) is 24.1 Å². The first-order valence-corrected chi connectivity index (χ1v) is 6.56. The highest BCUT2D eigenvalue weighted by Crippen LogP contribution is 2.25. The Kier molecular flexibility index (Phi) is 6.30. The highest BCUT2D eigenvalue weighted by Gasteiger charge is 2.17. The van der Waals surface area contributed by atoms with Gasteiger partial charge in [0.2, 0.25) is 0 Å². The first-order valence-electron chi connectivity index (χ1n) is 6.56. The molecule has 2 unspecified atom stereocenters. The number of hydrogen-bond donors (Lipinski definition) is 1. The Labute approximate surface area is 110 Å². The maximum absolute atomic E-state index is 13.9. The lowest BCUT2D eigenvalue weighted by Crippen LogP contribution is -2.25. The molecule has 1 aromatic rings. The molecule has 0 aromatic heterocycles. The predicted molar refractivity (Wildman–Crippen MR) is 73.2 cm³/mol. The molecule has 1 N–H and O–H groups in total. The van der Waals surface area contributed by atoms with Gasteiger partial charge < -0.3 is 10.1 Å². The van der Waals surface area contributed by atoms with Gasteiger partial charge in [-0.15, -0.1) is 0 Å². The summed E-state index contributed by atoms with van der Waals surface area (Å²) in [6.07, 6.45) is 0.877. The van der Waals surface area contributed by atoms with Crippen LogP contribution >= 0.6 is 0 Å². The van der Waals surface area contributed by atoms with Gasteiger partial charge in [0.1, 0.15) is 5.82 Å². The molecule has 2 atom stereocenters. The van der Waals surface area contributed by atoms with Gasteiger partial charge in [-0.25, -0.2) is 4.39 Å². The van der Waals surface area contributed by atoms with Gasteiger partial charge in [-0.2, -0.15) is 0 Å². The van der Waals surface area contributed by atoms with Crippen molar-refractivity contribution in [2.24, 2.45) is 5.92 Å². The average molecular weight is 253 g/mol. The fourth-order valence-corrected chi connectivity index (χ4v) is 2.25. The molecule has 0 saturated heterocycles. The van der Waals surface area contributed by atoms with Crippen LogP contribution in [0.25, 0.3) is 0 Å². The second-order valence-electron chi connectivity index (χ2n) is 4.93. The van der Waals surface area contributed by atoms with Crippen molar-refractivity contribution >= 4 is 0 Å². The Balaban J connectivity index is 2.85. The van der Waals surface area contributed by atoms with E-state index >= 15 is 0 Å². The summed E-state index contributed by atoms with van der Waals surface area (Å²) in [5.41, 5.74) is 1.86. The van der Waals surface area contributed by atoms with E-state index in [1.807, 2.05) is 19.9 Å². The van der Waals surface area contributed by atoms with Crippen molar-refractivity contribution in [1.29, 1.82) is 0 Å². The first-order chi connectivity index (χ1) is 8.58. The summed E-state index contributed by atoms with van der Waals surface area (Å²) in [4.78, 5) is 0. The summed E-state index contributed by atoms with van der Waals surface area (Å²) in [5, 5.41) is 3.36. The summed E-state index contributed by atoms with van der Waals surface area (Å²) in [6.45, 7) is 7.70. The molecule has 0 aliphatic heterocycles. The van der Waals surface area contributed by atoms with E-state index < -0.39 is 0 Å². The van der Waals surface area contributed by atoms with Gasteiger partial charge in [-0.1, -0.05) is 31.5 Å². The maximum Gasteiger partial charge on any atom is 0.127 e. The van der Waals surface area contributed by atoms with Crippen LogP contribution in [-0.4, -0.2) is 20.3 Å². The van der Waals surface area contributed by atoms with Crippen LogP contribution < -0.4 is 5.32 Å². The predicted octanol–water partition coefficient (Wildman–Crippen LogP) is 3.46. The minimum Gasteiger partial charge on any atom is -0.384 e. The van der Waals surface area contributed by atoms with Gasteiger partial charge in [0, 0.05) is 25.3 Å². The van der Waals surface area contributed by atoms with E-state index in [1.54, 1.807) is 19.2 Å². The van der Waals surface area contributed by atoms with Crippen molar-refractivity contribution in [3.8, 4) is 0 Å². The average Bonchev–Trinajstić information content (AvgIpc) is 2.32. The molecule has 0 aliphatic rings. The molecular formula is C15H24FNO. The van der Waals surface area contributed by atoms with Crippen LogP contribution in [-0.2, 0) is 4.74 Å². The second kappa shape index (κ2) is 7.49. The number of rotatable bonds is 7. The largest absolute Gasteiger partial charge is 0.384 e. The minimum atomic E-state index is -0.129. The molecule has 0 saturated carbocycles. The Hall–Kier alpha value is -0.930. The zero-order chi connectivity index (χ0) is 13.5. The van der Waals surface area contributed by atoms with Crippen molar-refractivity contribution in [2.75, 3.05) is 20.3 Å². The minimum absolute atomic E-state index is 0.0556. The van der Waals surface area contributed by atoms with E-state index in [4.69, 9.17) is 4.74 Å². The molecule has 0 amide bonds. The summed E-state index contributed by atoms with van der Waals surface area (Å²) >= 11 is 0. The standard InChI is InChI=1S/C15H24FNO/c1-5-17-15(9-12(3)10-18-4)13-8-11(2)6-7-14(13)16/h6-8,12,15,17H,5,9-10H2,1-4H3. The number of nitrogens with one attached hydrogen (secondary N) is 1. The molecule has 18 heavy (non-hydrogen) atoms. The van der Waals surface area contributed by atoms with E-state index in [0.29, 0.717) is 12.5 Å². The summed E-state index contributed by atoms with van der Waals surface area (Å²) in [5.74, 6) is 0.273. The summed E-state index contributed by atoms with van der Waals surface area (Å²) in [7, 11) is 1.70. The normalized spacial score (nSPS) is 14.5. The topological polar surface area (TPSA) is 21.3 Å². The fourth-order valence-electron chi connectivity index (χ4n) is 2.25. The number of halogens is 1. The fraction of sp³-hybridized carbons (Fsp3) is 0.600. The molecule has 102 valence electrons. The Morgan fingerprint density at radius 2 is 2.11 bits per heavy atom. The van der Waals surface area contributed by atoms with Gasteiger partial charge in [0.05, 0.1) is 0 Å². The lowest BCUT2D eigenvalue weighted by molar-refractivity contribution is 0.149. The molecule has 2 nitrogen and oxygen atoms in total. The summed E-state index contributed by atoms with van der Waals surface area (Å²) in [6, 6.07) is 5.35. The van der Waals surface area contributed by atoms with Crippen LogP contribution in [0, 0.1) is 18.7 Å². The highest BCUT2D eigenvalue weighted by molar-refractivity contribution is 5.27. The molecule has 0 radical (unpaired) electrons. The molecule has 0 bridgehead atoms. The van der Waals surface area contributed by atoms with Crippen molar-refractivity contribution < 1.29 is 9.13 Å². The van der Waals surface area contributed by atoms with Gasteiger partial charge in [-0.3, -0.25) is 0 Å². The van der Waals surface area contributed by atoms with E-state index in [2.05, 4.69) is 12.2 Å². The Morgan fingerprint density at radius 3 is 2.72 bits per heavy atom. The Bertz CT molecular complexity index is 368.